The number of rotatable bonds is 5. The summed E-state index contributed by atoms with van der Waals surface area (Å²) < 4.78 is 0. The van der Waals surface area contributed by atoms with Crippen molar-refractivity contribution in [2.45, 2.75) is 51.0 Å². The van der Waals surface area contributed by atoms with Crippen LogP contribution in [0.1, 0.15) is 51.0 Å². The first-order chi connectivity index (χ1) is 9.69. The molecule has 0 aliphatic carbocycles. The van der Waals surface area contributed by atoms with E-state index in [1.807, 2.05) is 18.2 Å². The number of aliphatic carboxylic acids is 1. The van der Waals surface area contributed by atoms with E-state index in [2.05, 4.69) is 24.0 Å². The van der Waals surface area contributed by atoms with Gasteiger partial charge in [-0.1, -0.05) is 50.1 Å². The molecule has 0 radical (unpaired) electrons. The Morgan fingerprint density at radius 3 is 2.25 bits per heavy atom. The summed E-state index contributed by atoms with van der Waals surface area (Å²) in [5.74, 6) is -0.708. The average Bonchev–Trinajstić information content (AvgIpc) is 2.75. The largest absolute Gasteiger partial charge is 0.481 e. The van der Waals surface area contributed by atoms with E-state index in [0.29, 0.717) is 0 Å². The smallest absolute Gasteiger partial charge is 0.305 e. The summed E-state index contributed by atoms with van der Waals surface area (Å²) in [6, 6.07) is 10.2. The zero-order chi connectivity index (χ0) is 14.4. The highest BCUT2D eigenvalue weighted by molar-refractivity contribution is 5.69. The minimum absolute atomic E-state index is 0.188. The number of hydrogen-bond donors (Lipinski definition) is 1. The zero-order valence-corrected chi connectivity index (χ0v) is 12.3. The van der Waals surface area contributed by atoms with Crippen molar-refractivity contribution >= 4 is 5.97 Å². The minimum atomic E-state index is -0.708. The van der Waals surface area contributed by atoms with Crippen molar-refractivity contribution in [2.24, 2.45) is 0 Å². The lowest BCUT2D eigenvalue weighted by Gasteiger charge is -2.43. The van der Waals surface area contributed by atoms with Gasteiger partial charge in [-0.25, -0.2) is 0 Å². The SMILES string of the molecule is CCC(CC(=O)O)(c1ccccc1)N1CCCCCC1. The van der Waals surface area contributed by atoms with Gasteiger partial charge >= 0.3 is 5.97 Å². The maximum atomic E-state index is 11.4. The third kappa shape index (κ3) is 3.21. The number of likely N-dealkylation sites (tertiary alicyclic amines) is 1. The van der Waals surface area contributed by atoms with E-state index in [4.69, 9.17) is 0 Å². The minimum Gasteiger partial charge on any atom is -0.481 e. The monoisotopic (exact) mass is 275 g/mol. The van der Waals surface area contributed by atoms with Crippen molar-refractivity contribution < 1.29 is 9.90 Å². The molecule has 0 saturated carbocycles. The molecule has 3 nitrogen and oxygen atoms in total. The molecule has 2 rings (SSSR count). The highest BCUT2D eigenvalue weighted by Gasteiger charge is 2.38. The third-order valence-electron chi connectivity index (χ3n) is 4.55. The average molecular weight is 275 g/mol. The van der Waals surface area contributed by atoms with Crippen LogP contribution < -0.4 is 0 Å². The maximum Gasteiger partial charge on any atom is 0.305 e. The van der Waals surface area contributed by atoms with Crippen LogP contribution in [0.3, 0.4) is 0 Å². The lowest BCUT2D eigenvalue weighted by molar-refractivity contribution is -0.141. The lowest BCUT2D eigenvalue weighted by Crippen LogP contribution is -2.47. The van der Waals surface area contributed by atoms with Crippen molar-refractivity contribution in [3.63, 3.8) is 0 Å². The van der Waals surface area contributed by atoms with Crippen LogP contribution in [0, 0.1) is 0 Å². The molecule has 1 N–H and O–H groups in total. The van der Waals surface area contributed by atoms with Crippen LogP contribution >= 0.6 is 0 Å². The Bertz CT molecular complexity index is 424. The Morgan fingerprint density at radius 1 is 1.15 bits per heavy atom. The molecule has 1 saturated heterocycles. The maximum absolute atomic E-state index is 11.4. The molecule has 0 bridgehead atoms. The van der Waals surface area contributed by atoms with Gasteiger partial charge in [0.25, 0.3) is 0 Å². The van der Waals surface area contributed by atoms with E-state index in [1.54, 1.807) is 0 Å². The van der Waals surface area contributed by atoms with Gasteiger partial charge in [-0.2, -0.15) is 0 Å². The number of carbonyl (C=O) groups is 1. The fourth-order valence-corrected chi connectivity index (χ4v) is 3.45. The molecule has 1 fully saturated rings. The summed E-state index contributed by atoms with van der Waals surface area (Å²) in [5.41, 5.74) is 0.795. The van der Waals surface area contributed by atoms with Crippen molar-refractivity contribution in [1.82, 2.24) is 4.90 Å². The molecule has 1 aliphatic heterocycles. The molecule has 1 atom stereocenters. The Kier molecular flexibility index (Phi) is 5.18. The number of carboxylic acid groups (broad SMARTS) is 1. The molecule has 1 aliphatic rings. The van der Waals surface area contributed by atoms with E-state index in [9.17, 15) is 9.90 Å². The van der Waals surface area contributed by atoms with Gasteiger partial charge in [0.05, 0.1) is 12.0 Å². The second-order valence-electron chi connectivity index (χ2n) is 5.72. The molecule has 1 aromatic rings. The summed E-state index contributed by atoms with van der Waals surface area (Å²) in [4.78, 5) is 13.9. The zero-order valence-electron chi connectivity index (χ0n) is 12.3. The van der Waals surface area contributed by atoms with Gasteiger partial charge in [-0.05, 0) is 37.9 Å². The first-order valence-electron chi connectivity index (χ1n) is 7.71. The second-order valence-corrected chi connectivity index (χ2v) is 5.72. The van der Waals surface area contributed by atoms with Gasteiger partial charge < -0.3 is 5.11 Å². The molecule has 3 heteroatoms. The van der Waals surface area contributed by atoms with E-state index in [0.717, 1.165) is 25.1 Å². The summed E-state index contributed by atoms with van der Waals surface area (Å²) in [7, 11) is 0. The first kappa shape index (κ1) is 15.0. The Morgan fingerprint density at radius 2 is 1.75 bits per heavy atom. The fourth-order valence-electron chi connectivity index (χ4n) is 3.45. The molecule has 1 heterocycles. The molecule has 1 unspecified atom stereocenters. The van der Waals surface area contributed by atoms with E-state index >= 15 is 0 Å². The molecule has 110 valence electrons. The van der Waals surface area contributed by atoms with Crippen LogP contribution in [-0.4, -0.2) is 29.1 Å². The Hall–Kier alpha value is -1.35. The summed E-state index contributed by atoms with van der Waals surface area (Å²) >= 11 is 0. The fraction of sp³-hybridized carbons (Fsp3) is 0.588. The van der Waals surface area contributed by atoms with Gasteiger partial charge in [0.15, 0.2) is 0 Å². The number of benzene rings is 1. The van der Waals surface area contributed by atoms with Gasteiger partial charge in [0, 0.05) is 0 Å². The molecule has 0 aromatic heterocycles. The van der Waals surface area contributed by atoms with Crippen LogP contribution in [0.4, 0.5) is 0 Å². The Labute approximate surface area is 121 Å². The number of nitrogens with zero attached hydrogens (tertiary/aromatic N) is 1. The molecule has 0 spiro atoms. The van der Waals surface area contributed by atoms with Crippen LogP contribution in [-0.2, 0) is 10.3 Å². The van der Waals surface area contributed by atoms with Crippen LogP contribution in [0.15, 0.2) is 30.3 Å². The van der Waals surface area contributed by atoms with Crippen molar-refractivity contribution in [3.8, 4) is 0 Å². The van der Waals surface area contributed by atoms with Crippen molar-refractivity contribution in [2.75, 3.05) is 13.1 Å². The highest BCUT2D eigenvalue weighted by Crippen LogP contribution is 2.37. The van der Waals surface area contributed by atoms with Crippen LogP contribution in [0.25, 0.3) is 0 Å². The topological polar surface area (TPSA) is 40.5 Å². The van der Waals surface area contributed by atoms with Gasteiger partial charge in [-0.3, -0.25) is 9.69 Å². The predicted molar refractivity (Wildman–Crippen MR) is 80.7 cm³/mol. The molecular formula is C17H25NO2. The van der Waals surface area contributed by atoms with Gasteiger partial charge in [-0.15, -0.1) is 0 Å². The van der Waals surface area contributed by atoms with E-state index in [1.165, 1.54) is 25.7 Å². The standard InChI is InChI=1S/C17H25NO2/c1-2-17(14-16(19)20,15-10-6-5-7-11-15)18-12-8-3-4-9-13-18/h5-7,10-11H,2-4,8-9,12-14H2,1H3,(H,19,20). The van der Waals surface area contributed by atoms with E-state index < -0.39 is 5.97 Å². The first-order valence-corrected chi connectivity index (χ1v) is 7.71. The third-order valence-corrected chi connectivity index (χ3v) is 4.55. The van der Waals surface area contributed by atoms with Gasteiger partial charge in [0.2, 0.25) is 0 Å². The molecular weight excluding hydrogens is 250 g/mol. The summed E-state index contributed by atoms with van der Waals surface area (Å²) in [6.07, 6.45) is 5.90. The van der Waals surface area contributed by atoms with Crippen LogP contribution in [0.5, 0.6) is 0 Å². The molecule has 20 heavy (non-hydrogen) atoms. The normalized spacial score (nSPS) is 20.1. The molecule has 1 aromatic carbocycles. The summed E-state index contributed by atoms with van der Waals surface area (Å²) in [5, 5.41) is 9.42. The Balaban J connectivity index is 2.38. The van der Waals surface area contributed by atoms with E-state index in [-0.39, 0.29) is 12.0 Å². The highest BCUT2D eigenvalue weighted by atomic mass is 16.4. The predicted octanol–water partition coefficient (Wildman–Crippen LogP) is 3.64. The number of carboxylic acids is 1. The van der Waals surface area contributed by atoms with Gasteiger partial charge in [0.1, 0.15) is 0 Å². The van der Waals surface area contributed by atoms with Crippen LogP contribution in [0.2, 0.25) is 0 Å². The number of hydrogen-bond acceptors (Lipinski definition) is 2. The quantitative estimate of drug-likeness (QED) is 0.892. The summed E-state index contributed by atoms with van der Waals surface area (Å²) in [6.45, 7) is 4.13. The van der Waals surface area contributed by atoms with Crippen molar-refractivity contribution in [3.05, 3.63) is 35.9 Å². The second kappa shape index (κ2) is 6.89. The molecule has 0 amide bonds. The lowest BCUT2D eigenvalue weighted by atomic mass is 9.82. The van der Waals surface area contributed by atoms with Crippen molar-refractivity contribution in [1.29, 1.82) is 0 Å².